The molecular formula is C19H22N4OS. The maximum atomic E-state index is 12.1. The van der Waals surface area contributed by atoms with Gasteiger partial charge in [0.15, 0.2) is 0 Å². The van der Waals surface area contributed by atoms with E-state index in [9.17, 15) is 4.79 Å². The summed E-state index contributed by atoms with van der Waals surface area (Å²) in [7, 11) is 0. The Hall–Kier alpha value is -2.05. The van der Waals surface area contributed by atoms with Crippen LogP contribution < -0.4 is 5.56 Å². The Morgan fingerprint density at radius 3 is 2.96 bits per heavy atom. The van der Waals surface area contributed by atoms with Gasteiger partial charge in [0.05, 0.1) is 6.54 Å². The number of nitrogens with zero attached hydrogens (tertiary/aromatic N) is 4. The van der Waals surface area contributed by atoms with E-state index in [0.717, 1.165) is 23.8 Å². The smallest absolute Gasteiger partial charge is 0.275 e. The molecule has 2 aromatic heterocycles. The highest BCUT2D eigenvalue weighted by molar-refractivity contribution is 7.16. The molecule has 1 fully saturated rings. The third kappa shape index (κ3) is 3.00. The summed E-state index contributed by atoms with van der Waals surface area (Å²) in [4.78, 5) is 19.7. The van der Waals surface area contributed by atoms with Crippen LogP contribution in [0, 0.1) is 20.8 Å². The molecule has 6 heteroatoms. The summed E-state index contributed by atoms with van der Waals surface area (Å²) in [5, 5.41) is 5.45. The number of aryl methyl sites for hydroxylation is 2. The van der Waals surface area contributed by atoms with Gasteiger partial charge < -0.3 is 0 Å². The Kier molecular flexibility index (Phi) is 4.17. The average molecular weight is 354 g/mol. The molecule has 3 heterocycles. The molecule has 130 valence electrons. The number of hydrogen-bond donors (Lipinski definition) is 0. The Bertz CT molecular complexity index is 991. The minimum atomic E-state index is -0.0995. The van der Waals surface area contributed by atoms with Crippen molar-refractivity contribution in [3.8, 4) is 0 Å². The molecule has 0 N–H and O–H groups in total. The highest BCUT2D eigenvalue weighted by atomic mass is 32.1. The minimum absolute atomic E-state index is 0.0995. The van der Waals surface area contributed by atoms with Crippen LogP contribution in [-0.4, -0.2) is 26.0 Å². The minimum Gasteiger partial charge on any atom is -0.290 e. The molecule has 5 nitrogen and oxygen atoms in total. The van der Waals surface area contributed by atoms with Crippen molar-refractivity contribution >= 4 is 16.3 Å². The molecular weight excluding hydrogens is 332 g/mol. The molecule has 0 spiro atoms. The van der Waals surface area contributed by atoms with Crippen molar-refractivity contribution in [3.63, 3.8) is 0 Å². The van der Waals surface area contributed by atoms with Gasteiger partial charge in [-0.15, -0.1) is 0 Å². The quantitative estimate of drug-likeness (QED) is 0.723. The van der Waals surface area contributed by atoms with E-state index in [2.05, 4.69) is 47.0 Å². The van der Waals surface area contributed by atoms with Crippen LogP contribution in [0.4, 0.5) is 0 Å². The second kappa shape index (κ2) is 6.35. The van der Waals surface area contributed by atoms with Crippen molar-refractivity contribution in [3.05, 3.63) is 62.0 Å². The monoisotopic (exact) mass is 354 g/mol. The lowest BCUT2D eigenvalue weighted by atomic mass is 9.96. The van der Waals surface area contributed by atoms with Crippen molar-refractivity contribution in [2.75, 3.05) is 6.54 Å². The first-order chi connectivity index (χ1) is 12.0. The molecule has 1 saturated heterocycles. The first-order valence-corrected chi connectivity index (χ1v) is 9.51. The summed E-state index contributed by atoms with van der Waals surface area (Å²) >= 11 is 1.52. The fraction of sp³-hybridized carbons (Fsp3) is 0.421. The van der Waals surface area contributed by atoms with Gasteiger partial charge in [0.2, 0.25) is 4.96 Å². The van der Waals surface area contributed by atoms with Crippen LogP contribution in [0.15, 0.2) is 29.1 Å². The van der Waals surface area contributed by atoms with E-state index in [-0.39, 0.29) is 5.56 Å². The number of aromatic nitrogens is 3. The van der Waals surface area contributed by atoms with Gasteiger partial charge in [-0.2, -0.15) is 9.61 Å². The zero-order valence-corrected chi connectivity index (χ0v) is 15.6. The normalized spacial score (nSPS) is 18.3. The maximum Gasteiger partial charge on any atom is 0.275 e. The van der Waals surface area contributed by atoms with Crippen molar-refractivity contribution in [2.24, 2.45) is 0 Å². The van der Waals surface area contributed by atoms with Crippen molar-refractivity contribution < 1.29 is 0 Å². The molecule has 0 bridgehead atoms. The van der Waals surface area contributed by atoms with E-state index in [4.69, 9.17) is 0 Å². The lowest BCUT2D eigenvalue weighted by molar-refractivity contribution is 0.246. The molecule has 1 unspecified atom stereocenters. The van der Waals surface area contributed by atoms with Crippen molar-refractivity contribution in [1.82, 2.24) is 19.5 Å². The van der Waals surface area contributed by atoms with Crippen LogP contribution in [0.1, 0.15) is 46.3 Å². The van der Waals surface area contributed by atoms with Crippen LogP contribution in [-0.2, 0) is 6.54 Å². The van der Waals surface area contributed by atoms with Gasteiger partial charge in [0.25, 0.3) is 5.56 Å². The molecule has 4 rings (SSSR count). The molecule has 0 aliphatic carbocycles. The van der Waals surface area contributed by atoms with Crippen LogP contribution in [0.5, 0.6) is 0 Å². The molecule has 1 aliphatic rings. The second-order valence-electron chi connectivity index (χ2n) is 6.84. The molecule has 25 heavy (non-hydrogen) atoms. The number of fused-ring (bicyclic) bond motifs is 1. The predicted octanol–water partition coefficient (Wildman–Crippen LogP) is 3.41. The highest BCUT2D eigenvalue weighted by Gasteiger charge is 2.28. The summed E-state index contributed by atoms with van der Waals surface area (Å²) in [6.45, 7) is 8.06. The Labute approximate surface area is 151 Å². The van der Waals surface area contributed by atoms with E-state index < -0.39 is 0 Å². The topological polar surface area (TPSA) is 50.5 Å². The van der Waals surface area contributed by atoms with Crippen molar-refractivity contribution in [1.29, 1.82) is 0 Å². The van der Waals surface area contributed by atoms with Crippen LogP contribution >= 0.6 is 11.3 Å². The van der Waals surface area contributed by atoms with Gasteiger partial charge in [0, 0.05) is 17.8 Å². The fourth-order valence-electron chi connectivity index (χ4n) is 3.70. The van der Waals surface area contributed by atoms with E-state index in [1.165, 1.54) is 51.5 Å². The van der Waals surface area contributed by atoms with Crippen LogP contribution in [0.3, 0.4) is 0 Å². The van der Waals surface area contributed by atoms with Gasteiger partial charge in [-0.3, -0.25) is 9.69 Å². The third-order valence-electron chi connectivity index (χ3n) is 5.12. The molecule has 0 amide bonds. The molecule has 0 radical (unpaired) electrons. The van der Waals surface area contributed by atoms with E-state index in [1.54, 1.807) is 0 Å². The van der Waals surface area contributed by atoms with Crippen molar-refractivity contribution in [2.45, 2.75) is 46.2 Å². The van der Waals surface area contributed by atoms with Gasteiger partial charge in [-0.25, -0.2) is 4.98 Å². The largest absolute Gasteiger partial charge is 0.290 e. The second-order valence-corrected chi connectivity index (χ2v) is 7.88. The lowest BCUT2D eigenvalue weighted by Crippen LogP contribution is -2.24. The van der Waals surface area contributed by atoms with Gasteiger partial charge in [-0.05, 0) is 56.8 Å². The molecule has 1 atom stereocenters. The van der Waals surface area contributed by atoms with Crippen LogP contribution in [0.2, 0.25) is 0 Å². The first kappa shape index (κ1) is 16.4. The summed E-state index contributed by atoms with van der Waals surface area (Å²) in [6.07, 6.45) is 2.37. The number of rotatable bonds is 3. The number of likely N-dealkylation sites (tertiary alicyclic amines) is 1. The Morgan fingerprint density at radius 2 is 2.12 bits per heavy atom. The van der Waals surface area contributed by atoms with Gasteiger partial charge >= 0.3 is 0 Å². The summed E-state index contributed by atoms with van der Waals surface area (Å²) < 4.78 is 1.43. The summed E-state index contributed by atoms with van der Waals surface area (Å²) in [5.41, 5.74) is 4.80. The lowest BCUT2D eigenvalue weighted by Gasteiger charge is -2.25. The Morgan fingerprint density at radius 1 is 1.28 bits per heavy atom. The van der Waals surface area contributed by atoms with Crippen LogP contribution in [0.25, 0.3) is 4.96 Å². The Balaban J connectivity index is 1.65. The predicted molar refractivity (Wildman–Crippen MR) is 100 cm³/mol. The zero-order chi connectivity index (χ0) is 17.6. The first-order valence-electron chi connectivity index (χ1n) is 8.69. The molecule has 3 aromatic rings. The SMILES string of the molecule is Cc1cc(=O)n2nc(CN3CCCC3c3cccc(C)c3C)sc2n1. The third-order valence-corrected chi connectivity index (χ3v) is 6.02. The van der Waals surface area contributed by atoms with E-state index >= 15 is 0 Å². The van der Waals surface area contributed by atoms with E-state index in [0.29, 0.717) is 11.0 Å². The molecule has 1 aromatic carbocycles. The summed E-state index contributed by atoms with van der Waals surface area (Å²) in [6, 6.07) is 8.53. The van der Waals surface area contributed by atoms with Gasteiger partial charge in [-0.1, -0.05) is 29.5 Å². The average Bonchev–Trinajstić information content (AvgIpc) is 3.17. The maximum absolute atomic E-state index is 12.1. The molecule has 0 saturated carbocycles. The number of benzene rings is 1. The molecule has 1 aliphatic heterocycles. The summed E-state index contributed by atoms with van der Waals surface area (Å²) in [5.74, 6) is 0. The zero-order valence-electron chi connectivity index (χ0n) is 14.8. The van der Waals surface area contributed by atoms with E-state index in [1.807, 2.05) is 6.92 Å². The standard InChI is InChI=1S/C19H22N4OS/c1-12-6-4-7-15(14(12)3)16-8-5-9-22(16)11-17-21-23-18(24)10-13(2)20-19(23)25-17/h4,6-7,10,16H,5,8-9,11H2,1-3H3. The highest BCUT2D eigenvalue weighted by Crippen LogP contribution is 2.35. The van der Waals surface area contributed by atoms with Gasteiger partial charge in [0.1, 0.15) is 5.01 Å². The number of hydrogen-bond acceptors (Lipinski definition) is 5. The fourth-order valence-corrected chi connectivity index (χ4v) is 4.67.